The zero-order valence-corrected chi connectivity index (χ0v) is 42.3. The summed E-state index contributed by atoms with van der Waals surface area (Å²) in [4.78, 5) is 38.1. The summed E-state index contributed by atoms with van der Waals surface area (Å²) in [6, 6.07) is 0. The number of aliphatic hydroxyl groups is 3. The van der Waals surface area contributed by atoms with E-state index in [1.165, 1.54) is 0 Å². The molecule has 0 rings (SSSR count). The summed E-state index contributed by atoms with van der Waals surface area (Å²) in [6.45, 7) is 29.5. The van der Waals surface area contributed by atoms with Gasteiger partial charge >= 0.3 is 18.3 Å². The molecule has 0 aromatic carbocycles. The van der Waals surface area contributed by atoms with E-state index in [0.717, 1.165) is 5.33 Å². The number of ether oxygens (including phenoxy) is 9. The van der Waals surface area contributed by atoms with E-state index in [4.69, 9.17) is 74.3 Å². The molecule has 0 aliphatic carbocycles. The number of alkyl halides is 1. The van der Waals surface area contributed by atoms with E-state index in [1.54, 1.807) is 34.7 Å². The number of alkyl carbamates (subject to hydrolysis) is 3. The first kappa shape index (κ1) is 72.4. The van der Waals surface area contributed by atoms with Crippen molar-refractivity contribution in [3.05, 3.63) is 0 Å². The van der Waals surface area contributed by atoms with Gasteiger partial charge in [-0.25, -0.2) is 19.9 Å². The average molecular weight is 992 g/mol. The zero-order chi connectivity index (χ0) is 49.7. The quantitative estimate of drug-likeness (QED) is 0.0246. The summed E-state index contributed by atoms with van der Waals surface area (Å²) in [6.07, 6.45) is -1.27. The molecule has 0 saturated heterocycles. The van der Waals surface area contributed by atoms with Crippen LogP contribution in [0.25, 0.3) is 0 Å². The highest BCUT2D eigenvalue weighted by molar-refractivity contribution is 9.09. The maximum Gasteiger partial charge on any atom is 0.407 e. The predicted octanol–water partition coefficient (Wildman–Crippen LogP) is 2.07. The Labute approximate surface area is 387 Å². The number of carbonyl (C=O) groups is 3. The lowest BCUT2D eigenvalue weighted by Gasteiger charge is -2.19. The normalized spacial score (nSPS) is 10.6. The minimum Gasteiger partial charge on any atom is -0.444 e. The Hall–Kier alpha value is -2.23. The van der Waals surface area contributed by atoms with Crippen LogP contribution in [0.4, 0.5) is 14.4 Å². The van der Waals surface area contributed by atoms with Crippen LogP contribution in [-0.4, -0.2) is 201 Å². The second kappa shape index (κ2) is 55.9. The Morgan fingerprint density at radius 2 is 0.794 bits per heavy atom. The van der Waals surface area contributed by atoms with Crippen LogP contribution in [0.5, 0.6) is 0 Å². The monoisotopic (exact) mass is 991 g/mol. The number of hydrogen-bond acceptors (Lipinski definition) is 19. The molecule has 0 aromatic rings. The Kier molecular flexibility index (Phi) is 64.2. The number of halogens is 1. The molecule has 0 radical (unpaired) electrons. The van der Waals surface area contributed by atoms with E-state index >= 15 is 0 Å². The van der Waals surface area contributed by atoms with Crippen molar-refractivity contribution < 1.29 is 77.2 Å². The molecule has 0 heterocycles. The number of hydrogen-bond donors (Lipinski definition) is 9. The Morgan fingerprint density at radius 1 is 0.492 bits per heavy atom. The number of hydroxylamine groups is 1. The summed E-state index contributed by atoms with van der Waals surface area (Å²) in [5, 5.41) is 32.6. The third-order valence-corrected chi connectivity index (χ3v) is 5.33. The van der Waals surface area contributed by atoms with E-state index in [2.05, 4.69) is 37.4 Å². The fraction of sp³-hybridized carbons (Fsp3) is 0.925. The van der Waals surface area contributed by atoms with Crippen molar-refractivity contribution in [1.82, 2.24) is 21.4 Å². The third kappa shape index (κ3) is 95.2. The molecule has 0 spiro atoms. The highest BCUT2D eigenvalue weighted by Crippen LogP contribution is 2.07. The van der Waals surface area contributed by atoms with Crippen LogP contribution < -0.4 is 32.9 Å². The number of nitrogens with two attached hydrogens (primary N) is 2. The van der Waals surface area contributed by atoms with Crippen molar-refractivity contribution >= 4 is 34.2 Å². The number of nitrogens with one attached hydrogen (secondary N) is 4. The van der Waals surface area contributed by atoms with Crippen LogP contribution in [0, 0.1) is 0 Å². The molecule has 0 aliphatic heterocycles. The van der Waals surface area contributed by atoms with Crippen molar-refractivity contribution in [3.63, 3.8) is 0 Å². The van der Waals surface area contributed by atoms with E-state index in [1.807, 2.05) is 48.5 Å². The standard InChI is InChI=1S/C11H23NO4.C9H18BrNO3.C9H19NO4.C5H14N2O2.C4H11NO2.C2H6O/c1-5-14-8-9-15-7-6-12-10(13)16-11(2,3)4;1-9(2,3)14-8(12)11-5-7-13-6-4-10;1-9(2,3)14-8(12)10-4-6-13-7-5-11;1-7-9-5-4-8-3-2-6;5-1-3-7-4-2-6;1-2-3/h5-9H2,1-4H3,(H,12,13);4-7H2,1-3H3,(H,11,12);11H,4-7H2,1-3H3,(H,10,12);7H,2-6H2,1H3;6H,1-5H2;3H,2H2,1H3. The van der Waals surface area contributed by atoms with Gasteiger partial charge in [-0.05, 0) is 76.2 Å². The molecule has 3 amide bonds. The van der Waals surface area contributed by atoms with E-state index in [-0.39, 0.29) is 26.4 Å². The SMILES string of the molecule is CC(C)(C)OC(=O)NCCOCCBr.CC(C)(C)OC(=O)NCCOCCO.CCO.CCOCCOCCNC(=O)OC(C)(C)C.CNOCCOCCN.NCCOCCO. The number of carbonyl (C=O) groups excluding carboxylic acids is 3. The van der Waals surface area contributed by atoms with Crippen molar-refractivity contribution in [1.29, 1.82) is 0 Å². The van der Waals surface area contributed by atoms with Crippen molar-refractivity contribution in [2.45, 2.75) is 93.0 Å². The largest absolute Gasteiger partial charge is 0.444 e. The molecule has 22 nitrogen and oxygen atoms in total. The predicted molar refractivity (Wildman–Crippen MR) is 247 cm³/mol. The van der Waals surface area contributed by atoms with Crippen LogP contribution in [0.1, 0.15) is 76.2 Å². The van der Waals surface area contributed by atoms with Crippen molar-refractivity contribution in [2.75, 3.05) is 151 Å². The van der Waals surface area contributed by atoms with E-state index in [9.17, 15) is 14.4 Å². The number of aliphatic hydroxyl groups excluding tert-OH is 3. The molecule has 0 fully saturated rings. The molecular weight excluding hydrogens is 900 g/mol. The molecule has 384 valence electrons. The lowest BCUT2D eigenvalue weighted by Crippen LogP contribution is -2.34. The van der Waals surface area contributed by atoms with Crippen molar-refractivity contribution in [3.8, 4) is 0 Å². The van der Waals surface area contributed by atoms with Gasteiger partial charge in [0.05, 0.1) is 92.5 Å². The molecule has 11 N–H and O–H groups in total. The highest BCUT2D eigenvalue weighted by atomic mass is 79.9. The second-order valence-electron chi connectivity index (χ2n) is 14.6. The fourth-order valence-electron chi connectivity index (χ4n) is 2.94. The molecule has 23 heteroatoms. The maximum atomic E-state index is 11.2. The summed E-state index contributed by atoms with van der Waals surface area (Å²) in [5.74, 6) is 0. The Balaban J connectivity index is -0.000000162. The van der Waals surface area contributed by atoms with Crippen LogP contribution in [0.15, 0.2) is 0 Å². The van der Waals surface area contributed by atoms with Gasteiger partial charge in [-0.2, -0.15) is 0 Å². The minimum absolute atomic E-state index is 0.00750. The lowest BCUT2D eigenvalue weighted by molar-refractivity contribution is 0.00746. The first-order chi connectivity index (χ1) is 29.6. The smallest absolute Gasteiger partial charge is 0.407 e. The molecule has 0 aromatic heterocycles. The number of amides is 3. The summed E-state index contributed by atoms with van der Waals surface area (Å²) in [7, 11) is 1.71. The van der Waals surface area contributed by atoms with Gasteiger partial charge in [0.1, 0.15) is 16.8 Å². The number of rotatable bonds is 27. The van der Waals surface area contributed by atoms with Gasteiger partial charge in [0.15, 0.2) is 0 Å². The molecular formula is C40H91BrN6O16. The van der Waals surface area contributed by atoms with Crippen LogP contribution in [-0.2, 0) is 47.5 Å². The molecule has 0 aliphatic rings. The maximum absolute atomic E-state index is 11.2. The zero-order valence-electron chi connectivity index (χ0n) is 40.7. The van der Waals surface area contributed by atoms with Gasteiger partial charge in [0.25, 0.3) is 0 Å². The Bertz CT molecular complexity index is 884. The third-order valence-electron chi connectivity index (χ3n) is 5.01. The van der Waals surface area contributed by atoms with Crippen LogP contribution >= 0.6 is 15.9 Å². The lowest BCUT2D eigenvalue weighted by atomic mass is 10.2. The van der Waals surface area contributed by atoms with Crippen LogP contribution in [0.2, 0.25) is 0 Å². The van der Waals surface area contributed by atoms with Gasteiger partial charge in [-0.1, -0.05) is 15.9 Å². The molecule has 63 heavy (non-hydrogen) atoms. The van der Waals surface area contributed by atoms with Crippen molar-refractivity contribution in [2.24, 2.45) is 11.5 Å². The molecule has 0 atom stereocenters. The van der Waals surface area contributed by atoms with Crippen LogP contribution in [0.3, 0.4) is 0 Å². The highest BCUT2D eigenvalue weighted by Gasteiger charge is 2.17. The summed E-state index contributed by atoms with van der Waals surface area (Å²) in [5.41, 5.74) is 11.4. The van der Waals surface area contributed by atoms with Gasteiger partial charge in [-0.3, -0.25) is 4.84 Å². The first-order valence-corrected chi connectivity index (χ1v) is 22.2. The Morgan fingerprint density at radius 3 is 1.10 bits per heavy atom. The average Bonchev–Trinajstić information content (AvgIpc) is 3.17. The minimum atomic E-state index is -0.476. The van der Waals surface area contributed by atoms with Gasteiger partial charge < -0.3 is 85.4 Å². The molecule has 0 saturated carbocycles. The van der Waals surface area contributed by atoms with E-state index in [0.29, 0.717) is 112 Å². The fourth-order valence-corrected chi connectivity index (χ4v) is 3.17. The van der Waals surface area contributed by atoms with E-state index < -0.39 is 35.1 Å². The van der Waals surface area contributed by atoms with Gasteiger partial charge in [0, 0.05) is 58.3 Å². The topological polar surface area (TPSA) is 304 Å². The summed E-state index contributed by atoms with van der Waals surface area (Å²) < 4.78 is 45.2. The second-order valence-corrected chi connectivity index (χ2v) is 15.4. The summed E-state index contributed by atoms with van der Waals surface area (Å²) >= 11 is 3.23. The molecule has 0 bridgehead atoms. The van der Waals surface area contributed by atoms with Gasteiger partial charge in [0.2, 0.25) is 0 Å². The molecule has 0 unspecified atom stereocenters. The first-order valence-electron chi connectivity index (χ1n) is 21.1. The van der Waals surface area contributed by atoms with Gasteiger partial charge in [-0.15, -0.1) is 0 Å².